The molecule has 0 radical (unpaired) electrons. The Labute approximate surface area is 130 Å². The zero-order valence-corrected chi connectivity index (χ0v) is 13.6. The molecule has 20 heavy (non-hydrogen) atoms. The average molecular weight is 338 g/mol. The van der Waals surface area contributed by atoms with Crippen molar-refractivity contribution in [3.05, 3.63) is 28.7 Å². The van der Waals surface area contributed by atoms with Gasteiger partial charge in [-0.3, -0.25) is 4.90 Å². The number of fused-ring (bicyclic) bond motifs is 1. The third-order valence-electron chi connectivity index (χ3n) is 4.82. The van der Waals surface area contributed by atoms with Crippen molar-refractivity contribution < 1.29 is 4.74 Å². The predicted molar refractivity (Wildman–Crippen MR) is 86.2 cm³/mol. The van der Waals surface area contributed by atoms with Crippen molar-refractivity contribution in [2.24, 2.45) is 5.92 Å². The van der Waals surface area contributed by atoms with Gasteiger partial charge in [-0.15, -0.1) is 0 Å². The molecule has 0 spiro atoms. The van der Waals surface area contributed by atoms with Gasteiger partial charge in [0.1, 0.15) is 12.4 Å². The average Bonchev–Trinajstić information content (AvgIpc) is 2.49. The summed E-state index contributed by atoms with van der Waals surface area (Å²) < 4.78 is 6.98. The van der Waals surface area contributed by atoms with Crippen molar-refractivity contribution in [2.75, 3.05) is 19.7 Å². The summed E-state index contributed by atoms with van der Waals surface area (Å²) in [4.78, 5) is 2.69. The summed E-state index contributed by atoms with van der Waals surface area (Å²) in [6.45, 7) is 3.16. The van der Waals surface area contributed by atoms with E-state index in [-0.39, 0.29) is 0 Å². The SMILES string of the molecule is Brc1ccc(OCCN2CCCC3CCCCC32)cc1. The van der Waals surface area contributed by atoms with Gasteiger partial charge in [0, 0.05) is 17.1 Å². The first kappa shape index (κ1) is 14.4. The minimum absolute atomic E-state index is 0.810. The third-order valence-corrected chi connectivity index (χ3v) is 5.35. The van der Waals surface area contributed by atoms with Gasteiger partial charge in [0.2, 0.25) is 0 Å². The minimum Gasteiger partial charge on any atom is -0.492 e. The maximum Gasteiger partial charge on any atom is 0.119 e. The Bertz CT molecular complexity index is 418. The van der Waals surface area contributed by atoms with Crippen LogP contribution in [0.15, 0.2) is 28.7 Å². The molecule has 2 aliphatic rings. The molecule has 110 valence electrons. The monoisotopic (exact) mass is 337 g/mol. The standard InChI is InChI=1S/C17H24BrNO/c18-15-7-9-16(10-8-15)20-13-12-19-11-3-5-14-4-1-2-6-17(14)19/h7-10,14,17H,1-6,11-13H2. The molecule has 0 amide bonds. The molecule has 2 fully saturated rings. The van der Waals surface area contributed by atoms with Crippen LogP contribution >= 0.6 is 15.9 Å². The molecule has 2 atom stereocenters. The van der Waals surface area contributed by atoms with Gasteiger partial charge in [0.05, 0.1) is 0 Å². The van der Waals surface area contributed by atoms with E-state index in [0.29, 0.717) is 0 Å². The molecule has 1 saturated carbocycles. The van der Waals surface area contributed by atoms with Crippen LogP contribution in [0.4, 0.5) is 0 Å². The molecule has 1 aromatic carbocycles. The van der Waals surface area contributed by atoms with Crippen molar-refractivity contribution in [1.82, 2.24) is 4.90 Å². The van der Waals surface area contributed by atoms with Crippen LogP contribution in [0.5, 0.6) is 5.75 Å². The Morgan fingerprint density at radius 3 is 2.65 bits per heavy atom. The fourth-order valence-corrected chi connectivity index (χ4v) is 4.08. The van der Waals surface area contributed by atoms with Gasteiger partial charge >= 0.3 is 0 Å². The van der Waals surface area contributed by atoms with Crippen LogP contribution in [-0.2, 0) is 0 Å². The van der Waals surface area contributed by atoms with Crippen LogP contribution in [0.2, 0.25) is 0 Å². The van der Waals surface area contributed by atoms with Gasteiger partial charge in [-0.1, -0.05) is 28.8 Å². The normalized spacial score (nSPS) is 27.1. The third kappa shape index (κ3) is 3.56. The van der Waals surface area contributed by atoms with Crippen LogP contribution in [0.1, 0.15) is 38.5 Å². The molecule has 3 rings (SSSR count). The van der Waals surface area contributed by atoms with E-state index in [1.165, 1.54) is 45.1 Å². The Hall–Kier alpha value is -0.540. The second kappa shape index (κ2) is 6.95. The Morgan fingerprint density at radius 1 is 1.05 bits per heavy atom. The zero-order valence-electron chi connectivity index (χ0n) is 12.1. The maximum atomic E-state index is 5.88. The van der Waals surface area contributed by atoms with Gasteiger partial charge in [-0.2, -0.15) is 0 Å². The number of halogens is 1. The molecule has 1 heterocycles. The first-order valence-corrected chi connectivity index (χ1v) is 8.74. The van der Waals surface area contributed by atoms with Crippen molar-refractivity contribution >= 4 is 15.9 Å². The van der Waals surface area contributed by atoms with Crippen molar-refractivity contribution in [2.45, 2.75) is 44.6 Å². The van der Waals surface area contributed by atoms with E-state index in [2.05, 4.69) is 20.8 Å². The molecular weight excluding hydrogens is 314 g/mol. The first-order chi connectivity index (χ1) is 9.83. The van der Waals surface area contributed by atoms with Crippen LogP contribution in [-0.4, -0.2) is 30.6 Å². The van der Waals surface area contributed by atoms with E-state index in [4.69, 9.17) is 4.74 Å². The minimum atomic E-state index is 0.810. The van der Waals surface area contributed by atoms with E-state index in [0.717, 1.165) is 35.3 Å². The van der Waals surface area contributed by atoms with Crippen molar-refractivity contribution in [1.29, 1.82) is 0 Å². The Morgan fingerprint density at radius 2 is 1.80 bits per heavy atom. The molecule has 0 N–H and O–H groups in total. The molecule has 3 heteroatoms. The molecule has 0 aromatic heterocycles. The number of hydrogen-bond acceptors (Lipinski definition) is 2. The molecule has 2 nitrogen and oxygen atoms in total. The van der Waals surface area contributed by atoms with E-state index in [9.17, 15) is 0 Å². The van der Waals surface area contributed by atoms with E-state index >= 15 is 0 Å². The number of hydrogen-bond donors (Lipinski definition) is 0. The number of nitrogens with zero attached hydrogens (tertiary/aromatic N) is 1. The fourth-order valence-electron chi connectivity index (χ4n) is 3.82. The van der Waals surface area contributed by atoms with Crippen LogP contribution < -0.4 is 4.74 Å². The second-order valence-electron chi connectivity index (χ2n) is 6.09. The van der Waals surface area contributed by atoms with Crippen molar-refractivity contribution in [3.63, 3.8) is 0 Å². The second-order valence-corrected chi connectivity index (χ2v) is 7.01. The molecule has 2 unspecified atom stereocenters. The van der Waals surface area contributed by atoms with E-state index in [1.54, 1.807) is 0 Å². The molecule has 1 saturated heterocycles. The highest BCUT2D eigenvalue weighted by Gasteiger charge is 2.32. The Kier molecular flexibility index (Phi) is 5.00. The predicted octanol–water partition coefficient (Wildman–Crippen LogP) is 4.48. The van der Waals surface area contributed by atoms with Crippen LogP contribution in [0.3, 0.4) is 0 Å². The Balaban J connectivity index is 1.48. The lowest BCUT2D eigenvalue weighted by Gasteiger charge is -2.44. The largest absolute Gasteiger partial charge is 0.492 e. The number of likely N-dealkylation sites (tertiary alicyclic amines) is 1. The van der Waals surface area contributed by atoms with Crippen molar-refractivity contribution in [3.8, 4) is 5.75 Å². The van der Waals surface area contributed by atoms with Gasteiger partial charge in [-0.05, 0) is 62.4 Å². The van der Waals surface area contributed by atoms with Gasteiger partial charge in [-0.25, -0.2) is 0 Å². The summed E-state index contributed by atoms with van der Waals surface area (Å²) in [5.74, 6) is 1.94. The van der Waals surface area contributed by atoms with Gasteiger partial charge < -0.3 is 4.74 Å². The summed E-state index contributed by atoms with van der Waals surface area (Å²) in [5, 5.41) is 0. The lowest BCUT2D eigenvalue weighted by molar-refractivity contribution is 0.0501. The number of rotatable bonds is 4. The van der Waals surface area contributed by atoms with E-state index in [1.807, 2.05) is 24.3 Å². The quantitative estimate of drug-likeness (QED) is 0.802. The summed E-state index contributed by atoms with van der Waals surface area (Å²) in [7, 11) is 0. The van der Waals surface area contributed by atoms with Crippen LogP contribution in [0.25, 0.3) is 0 Å². The zero-order chi connectivity index (χ0) is 13.8. The summed E-state index contributed by atoms with van der Waals surface area (Å²) >= 11 is 3.45. The molecule has 1 aromatic rings. The molecule has 1 aliphatic carbocycles. The first-order valence-electron chi connectivity index (χ1n) is 7.95. The summed E-state index contributed by atoms with van der Waals surface area (Å²) in [5.41, 5.74) is 0. The number of benzene rings is 1. The van der Waals surface area contributed by atoms with Crippen LogP contribution in [0, 0.1) is 5.92 Å². The molecule has 0 bridgehead atoms. The highest BCUT2D eigenvalue weighted by Crippen LogP contribution is 2.34. The van der Waals surface area contributed by atoms with Gasteiger partial charge in [0.15, 0.2) is 0 Å². The topological polar surface area (TPSA) is 12.5 Å². The fraction of sp³-hybridized carbons (Fsp3) is 0.647. The lowest BCUT2D eigenvalue weighted by atomic mass is 9.78. The van der Waals surface area contributed by atoms with Gasteiger partial charge in [0.25, 0.3) is 0 Å². The highest BCUT2D eigenvalue weighted by molar-refractivity contribution is 9.10. The lowest BCUT2D eigenvalue weighted by Crippen LogP contribution is -2.48. The maximum absolute atomic E-state index is 5.88. The van der Waals surface area contributed by atoms with E-state index < -0.39 is 0 Å². The summed E-state index contributed by atoms with van der Waals surface area (Å²) in [6, 6.07) is 8.97. The smallest absolute Gasteiger partial charge is 0.119 e. The molecule has 1 aliphatic heterocycles. The number of piperidine rings is 1. The number of ether oxygens (including phenoxy) is 1. The molecular formula is C17H24BrNO. The summed E-state index contributed by atoms with van der Waals surface area (Å²) in [6.07, 6.45) is 8.56. The highest BCUT2D eigenvalue weighted by atomic mass is 79.9.